The van der Waals surface area contributed by atoms with E-state index in [0.717, 1.165) is 23.3 Å². The zero-order valence-corrected chi connectivity index (χ0v) is 10.5. The van der Waals surface area contributed by atoms with Gasteiger partial charge in [0, 0.05) is 5.56 Å². The van der Waals surface area contributed by atoms with Crippen LogP contribution in [-0.4, -0.2) is 6.29 Å². The quantitative estimate of drug-likeness (QED) is 0.775. The van der Waals surface area contributed by atoms with E-state index >= 15 is 0 Å². The van der Waals surface area contributed by atoms with E-state index < -0.39 is 17.4 Å². The third kappa shape index (κ3) is 2.78. The van der Waals surface area contributed by atoms with Gasteiger partial charge in [-0.1, -0.05) is 12.1 Å². The fraction of sp³-hybridized carbons (Fsp3) is 0.133. The molecule has 0 aliphatic heterocycles. The molecule has 0 bridgehead atoms. The van der Waals surface area contributed by atoms with Crippen molar-refractivity contribution in [1.29, 1.82) is 0 Å². The summed E-state index contributed by atoms with van der Waals surface area (Å²) in [5, 5.41) is 0. The Morgan fingerprint density at radius 3 is 2.26 bits per heavy atom. The van der Waals surface area contributed by atoms with Crippen LogP contribution in [0.3, 0.4) is 0 Å². The van der Waals surface area contributed by atoms with Gasteiger partial charge in [-0.25, -0.2) is 8.78 Å². The van der Waals surface area contributed by atoms with E-state index in [2.05, 4.69) is 0 Å². The van der Waals surface area contributed by atoms with Crippen molar-refractivity contribution < 1.29 is 18.3 Å². The van der Waals surface area contributed by atoms with Crippen molar-refractivity contribution in [3.8, 4) is 11.5 Å². The highest BCUT2D eigenvalue weighted by atomic mass is 19.1. The zero-order chi connectivity index (χ0) is 14.0. The van der Waals surface area contributed by atoms with Crippen molar-refractivity contribution in [2.24, 2.45) is 0 Å². The molecule has 0 saturated carbocycles. The van der Waals surface area contributed by atoms with E-state index in [1.54, 1.807) is 19.1 Å². The molecule has 2 aromatic rings. The number of rotatable bonds is 3. The molecule has 0 aliphatic carbocycles. The lowest BCUT2D eigenvalue weighted by Crippen LogP contribution is -1.96. The van der Waals surface area contributed by atoms with Crippen LogP contribution in [0.2, 0.25) is 0 Å². The average molecular weight is 262 g/mol. The molecule has 0 fully saturated rings. The van der Waals surface area contributed by atoms with Crippen molar-refractivity contribution in [3.05, 3.63) is 58.7 Å². The van der Waals surface area contributed by atoms with Gasteiger partial charge in [0.25, 0.3) is 0 Å². The first-order valence-electron chi connectivity index (χ1n) is 5.70. The highest BCUT2D eigenvalue weighted by molar-refractivity contribution is 5.75. The maximum absolute atomic E-state index is 13.7. The maximum atomic E-state index is 13.7. The highest BCUT2D eigenvalue weighted by Crippen LogP contribution is 2.30. The van der Waals surface area contributed by atoms with E-state index in [-0.39, 0.29) is 5.56 Å². The van der Waals surface area contributed by atoms with E-state index in [1.165, 1.54) is 0 Å². The molecule has 2 nitrogen and oxygen atoms in total. The van der Waals surface area contributed by atoms with E-state index in [0.29, 0.717) is 12.0 Å². The van der Waals surface area contributed by atoms with Gasteiger partial charge in [-0.3, -0.25) is 4.79 Å². The minimum absolute atomic E-state index is 0.0664. The molecule has 0 saturated heterocycles. The van der Waals surface area contributed by atoms with Crippen LogP contribution in [0.15, 0.2) is 30.3 Å². The Morgan fingerprint density at radius 1 is 1.05 bits per heavy atom. The van der Waals surface area contributed by atoms with Gasteiger partial charge in [-0.2, -0.15) is 0 Å². The van der Waals surface area contributed by atoms with Gasteiger partial charge in [0.15, 0.2) is 17.4 Å². The molecule has 0 unspecified atom stereocenters. The third-order valence-electron chi connectivity index (χ3n) is 2.71. The molecule has 19 heavy (non-hydrogen) atoms. The Morgan fingerprint density at radius 2 is 1.68 bits per heavy atom. The summed E-state index contributed by atoms with van der Waals surface area (Å²) in [6.45, 7) is 3.64. The van der Waals surface area contributed by atoms with Crippen LogP contribution in [0.25, 0.3) is 0 Å². The fourth-order valence-corrected chi connectivity index (χ4v) is 1.67. The Bertz CT molecular complexity index is 613. The first-order chi connectivity index (χ1) is 9.01. The first kappa shape index (κ1) is 13.2. The number of hydrogen-bond acceptors (Lipinski definition) is 2. The number of ether oxygens (including phenoxy) is 1. The van der Waals surface area contributed by atoms with Crippen LogP contribution >= 0.6 is 0 Å². The smallest absolute Gasteiger partial charge is 0.198 e. The van der Waals surface area contributed by atoms with Crippen LogP contribution in [0, 0.1) is 25.5 Å². The number of hydrogen-bond donors (Lipinski definition) is 0. The SMILES string of the molecule is Cc1ccc(C)c(Oc2c(F)cc(C=O)cc2F)c1. The lowest BCUT2D eigenvalue weighted by Gasteiger charge is -2.11. The summed E-state index contributed by atoms with van der Waals surface area (Å²) in [4.78, 5) is 10.5. The number of aldehydes is 1. The molecule has 2 rings (SSSR count). The standard InChI is InChI=1S/C15H12F2O2/c1-9-3-4-10(2)14(5-9)19-15-12(16)6-11(8-18)7-13(15)17/h3-8H,1-2H3. The summed E-state index contributed by atoms with van der Waals surface area (Å²) >= 11 is 0. The molecule has 98 valence electrons. The summed E-state index contributed by atoms with van der Waals surface area (Å²) in [6.07, 6.45) is 0.383. The van der Waals surface area contributed by atoms with Gasteiger partial charge >= 0.3 is 0 Å². The van der Waals surface area contributed by atoms with E-state index in [1.807, 2.05) is 13.0 Å². The molecular formula is C15H12F2O2. The number of aryl methyl sites for hydroxylation is 2. The topological polar surface area (TPSA) is 26.3 Å². The second-order valence-electron chi connectivity index (χ2n) is 4.30. The number of halogens is 2. The summed E-state index contributed by atoms with van der Waals surface area (Å²) in [5.74, 6) is -1.91. The monoisotopic (exact) mass is 262 g/mol. The first-order valence-corrected chi connectivity index (χ1v) is 5.70. The predicted octanol–water partition coefficient (Wildman–Crippen LogP) is 4.19. The number of benzene rings is 2. The zero-order valence-electron chi connectivity index (χ0n) is 10.5. The average Bonchev–Trinajstić information content (AvgIpc) is 2.37. The van der Waals surface area contributed by atoms with E-state index in [9.17, 15) is 13.6 Å². The van der Waals surface area contributed by atoms with Crippen molar-refractivity contribution in [3.63, 3.8) is 0 Å². The molecule has 0 atom stereocenters. The Hall–Kier alpha value is -2.23. The van der Waals surface area contributed by atoms with Gasteiger partial charge in [0.05, 0.1) is 0 Å². The van der Waals surface area contributed by atoms with Gasteiger partial charge in [-0.15, -0.1) is 0 Å². The minimum atomic E-state index is -0.900. The lowest BCUT2D eigenvalue weighted by molar-refractivity contribution is 0.112. The summed E-state index contributed by atoms with van der Waals surface area (Å²) < 4.78 is 32.7. The van der Waals surface area contributed by atoms with Crippen molar-refractivity contribution in [2.45, 2.75) is 13.8 Å². The van der Waals surface area contributed by atoms with Crippen LogP contribution in [0.5, 0.6) is 11.5 Å². The van der Waals surface area contributed by atoms with Crippen LogP contribution in [-0.2, 0) is 0 Å². The van der Waals surface area contributed by atoms with Crippen LogP contribution in [0.1, 0.15) is 21.5 Å². The fourth-order valence-electron chi connectivity index (χ4n) is 1.67. The second-order valence-corrected chi connectivity index (χ2v) is 4.30. The molecule has 0 heterocycles. The van der Waals surface area contributed by atoms with Crippen molar-refractivity contribution in [2.75, 3.05) is 0 Å². The summed E-state index contributed by atoms with van der Waals surface area (Å²) in [7, 11) is 0. The van der Waals surface area contributed by atoms with E-state index in [4.69, 9.17) is 4.74 Å². The molecule has 0 aliphatic rings. The Balaban J connectivity index is 2.43. The Kier molecular flexibility index (Phi) is 3.60. The molecule has 2 aromatic carbocycles. The molecule has 0 N–H and O–H groups in total. The molecule has 0 spiro atoms. The maximum Gasteiger partial charge on any atom is 0.198 e. The summed E-state index contributed by atoms with van der Waals surface area (Å²) in [6, 6.07) is 7.26. The molecule has 4 heteroatoms. The van der Waals surface area contributed by atoms with Crippen molar-refractivity contribution in [1.82, 2.24) is 0 Å². The number of carbonyl (C=O) groups is 1. The van der Waals surface area contributed by atoms with Crippen LogP contribution in [0.4, 0.5) is 8.78 Å². The minimum Gasteiger partial charge on any atom is -0.451 e. The summed E-state index contributed by atoms with van der Waals surface area (Å²) in [5.41, 5.74) is 1.62. The third-order valence-corrected chi connectivity index (χ3v) is 2.71. The van der Waals surface area contributed by atoms with Gasteiger partial charge in [0.2, 0.25) is 0 Å². The van der Waals surface area contributed by atoms with Gasteiger partial charge < -0.3 is 4.74 Å². The van der Waals surface area contributed by atoms with Gasteiger partial charge in [0.1, 0.15) is 12.0 Å². The molecule has 0 radical (unpaired) electrons. The van der Waals surface area contributed by atoms with Crippen molar-refractivity contribution >= 4 is 6.29 Å². The molecule has 0 aromatic heterocycles. The Labute approximate surface area is 109 Å². The van der Waals surface area contributed by atoms with Crippen LogP contribution < -0.4 is 4.74 Å². The normalized spacial score (nSPS) is 10.3. The highest BCUT2D eigenvalue weighted by Gasteiger charge is 2.14. The number of carbonyl (C=O) groups excluding carboxylic acids is 1. The largest absolute Gasteiger partial charge is 0.451 e. The predicted molar refractivity (Wildman–Crippen MR) is 67.7 cm³/mol. The lowest BCUT2D eigenvalue weighted by atomic mass is 10.1. The van der Waals surface area contributed by atoms with Gasteiger partial charge in [-0.05, 0) is 43.2 Å². The molecule has 0 amide bonds. The second kappa shape index (κ2) is 5.18. The molecular weight excluding hydrogens is 250 g/mol.